The molecule has 0 saturated heterocycles. The minimum Gasteiger partial charge on any atom is -0.392 e. The van der Waals surface area contributed by atoms with Crippen molar-refractivity contribution in [2.45, 2.75) is 20.0 Å². The van der Waals surface area contributed by atoms with E-state index in [4.69, 9.17) is 16.7 Å². The molecule has 0 radical (unpaired) electrons. The fourth-order valence-corrected chi connectivity index (χ4v) is 1.61. The van der Waals surface area contributed by atoms with Crippen LogP contribution in [0.3, 0.4) is 0 Å². The first-order valence-corrected chi connectivity index (χ1v) is 5.81. The number of aliphatic hydroxyl groups is 1. The first kappa shape index (κ1) is 13.7. The summed E-state index contributed by atoms with van der Waals surface area (Å²) in [7, 11) is 0. The molecule has 0 unspecified atom stereocenters. The molecule has 0 bridgehead atoms. The summed E-state index contributed by atoms with van der Waals surface area (Å²) in [5.74, 6) is -0.0269. The minimum atomic E-state index is -0.0358. The van der Waals surface area contributed by atoms with Gasteiger partial charge in [-0.25, -0.2) is 0 Å². The number of carbonyl (C=O) groups excluding carboxylic acids is 1. The molecule has 2 N–H and O–H groups in total. The molecule has 92 valence electrons. The zero-order valence-corrected chi connectivity index (χ0v) is 10.5. The largest absolute Gasteiger partial charge is 0.392 e. The van der Waals surface area contributed by atoms with Crippen LogP contribution >= 0.6 is 11.6 Å². The molecule has 1 aromatic carbocycles. The van der Waals surface area contributed by atoms with E-state index in [2.05, 4.69) is 5.32 Å². The SMILES string of the molecule is CC(=O)NCCC=Cc1ccc(Cl)cc1CO. The summed E-state index contributed by atoms with van der Waals surface area (Å²) in [6, 6.07) is 5.39. The van der Waals surface area contributed by atoms with Gasteiger partial charge in [-0.15, -0.1) is 0 Å². The maximum atomic E-state index is 10.6. The van der Waals surface area contributed by atoms with Crippen LogP contribution in [-0.2, 0) is 11.4 Å². The van der Waals surface area contributed by atoms with Crippen molar-refractivity contribution in [1.29, 1.82) is 0 Å². The Kier molecular flexibility index (Phi) is 5.73. The van der Waals surface area contributed by atoms with Crippen molar-refractivity contribution >= 4 is 23.6 Å². The summed E-state index contributed by atoms with van der Waals surface area (Å²) in [5, 5.41) is 12.5. The summed E-state index contributed by atoms with van der Waals surface area (Å²) >= 11 is 5.83. The van der Waals surface area contributed by atoms with Crippen LogP contribution in [0.2, 0.25) is 5.02 Å². The van der Waals surface area contributed by atoms with Crippen molar-refractivity contribution in [3.63, 3.8) is 0 Å². The predicted octanol–water partition coefficient (Wildman–Crippen LogP) is 2.37. The smallest absolute Gasteiger partial charge is 0.216 e. The molecule has 0 aliphatic heterocycles. The van der Waals surface area contributed by atoms with E-state index in [1.807, 2.05) is 18.2 Å². The highest BCUT2D eigenvalue weighted by molar-refractivity contribution is 6.30. The van der Waals surface area contributed by atoms with Gasteiger partial charge in [0.1, 0.15) is 0 Å². The van der Waals surface area contributed by atoms with Gasteiger partial charge in [0.2, 0.25) is 5.91 Å². The molecule has 0 atom stereocenters. The van der Waals surface area contributed by atoms with Crippen LogP contribution in [0.5, 0.6) is 0 Å². The molecule has 0 heterocycles. The molecule has 3 nitrogen and oxygen atoms in total. The van der Waals surface area contributed by atoms with E-state index in [9.17, 15) is 4.79 Å². The van der Waals surface area contributed by atoms with E-state index in [0.29, 0.717) is 11.6 Å². The highest BCUT2D eigenvalue weighted by Crippen LogP contribution is 2.17. The third kappa shape index (κ3) is 5.02. The second-order valence-electron chi connectivity index (χ2n) is 3.68. The second-order valence-corrected chi connectivity index (χ2v) is 4.11. The van der Waals surface area contributed by atoms with E-state index in [1.165, 1.54) is 6.92 Å². The Labute approximate surface area is 106 Å². The number of hydrogen-bond acceptors (Lipinski definition) is 2. The van der Waals surface area contributed by atoms with Crippen LogP contribution in [-0.4, -0.2) is 17.6 Å². The number of rotatable bonds is 5. The van der Waals surface area contributed by atoms with Gasteiger partial charge >= 0.3 is 0 Å². The summed E-state index contributed by atoms with van der Waals surface area (Å²) in [5.41, 5.74) is 1.74. The van der Waals surface area contributed by atoms with E-state index < -0.39 is 0 Å². The maximum absolute atomic E-state index is 10.6. The topological polar surface area (TPSA) is 49.3 Å². The molecule has 4 heteroatoms. The van der Waals surface area contributed by atoms with Crippen molar-refractivity contribution in [2.75, 3.05) is 6.54 Å². The highest BCUT2D eigenvalue weighted by atomic mass is 35.5. The minimum absolute atomic E-state index is 0.0269. The van der Waals surface area contributed by atoms with E-state index in [0.717, 1.165) is 17.5 Å². The lowest BCUT2D eigenvalue weighted by molar-refractivity contribution is -0.118. The molecule has 0 aromatic heterocycles. The van der Waals surface area contributed by atoms with Gasteiger partial charge in [-0.2, -0.15) is 0 Å². The predicted molar refractivity (Wildman–Crippen MR) is 69.7 cm³/mol. The third-order valence-corrected chi connectivity index (χ3v) is 2.49. The molecule has 0 spiro atoms. The molecule has 0 fully saturated rings. The number of aliphatic hydroxyl groups excluding tert-OH is 1. The van der Waals surface area contributed by atoms with Gasteiger partial charge in [-0.3, -0.25) is 4.79 Å². The Bertz CT molecular complexity index is 416. The van der Waals surface area contributed by atoms with Crippen molar-refractivity contribution in [3.8, 4) is 0 Å². The highest BCUT2D eigenvalue weighted by Gasteiger charge is 1.98. The lowest BCUT2D eigenvalue weighted by Crippen LogP contribution is -2.20. The number of benzene rings is 1. The number of carbonyl (C=O) groups is 1. The van der Waals surface area contributed by atoms with Gasteiger partial charge in [0.05, 0.1) is 6.61 Å². The molecule has 1 amide bonds. The number of halogens is 1. The number of nitrogens with one attached hydrogen (secondary N) is 1. The van der Waals surface area contributed by atoms with Gasteiger partial charge in [0.15, 0.2) is 0 Å². The van der Waals surface area contributed by atoms with Gasteiger partial charge in [0.25, 0.3) is 0 Å². The van der Waals surface area contributed by atoms with E-state index in [-0.39, 0.29) is 12.5 Å². The normalized spacial score (nSPS) is 10.8. The molecule has 17 heavy (non-hydrogen) atoms. The van der Waals surface area contributed by atoms with Crippen molar-refractivity contribution in [1.82, 2.24) is 5.32 Å². The first-order chi connectivity index (χ1) is 8.13. The molecule has 1 aromatic rings. The lowest BCUT2D eigenvalue weighted by atomic mass is 10.1. The van der Waals surface area contributed by atoms with Crippen LogP contribution in [0.15, 0.2) is 24.3 Å². The maximum Gasteiger partial charge on any atom is 0.216 e. The van der Waals surface area contributed by atoms with E-state index in [1.54, 1.807) is 12.1 Å². The Morgan fingerprint density at radius 2 is 2.29 bits per heavy atom. The third-order valence-electron chi connectivity index (χ3n) is 2.26. The van der Waals surface area contributed by atoms with Crippen LogP contribution in [0.1, 0.15) is 24.5 Å². The summed E-state index contributed by atoms with van der Waals surface area (Å²) in [4.78, 5) is 10.6. The molecule has 0 aliphatic carbocycles. The van der Waals surface area contributed by atoms with Gasteiger partial charge < -0.3 is 10.4 Å². The summed E-state index contributed by atoms with van der Waals surface area (Å²) in [6.45, 7) is 2.08. The van der Waals surface area contributed by atoms with Crippen LogP contribution in [0, 0.1) is 0 Å². The van der Waals surface area contributed by atoms with Crippen LogP contribution in [0.25, 0.3) is 6.08 Å². The van der Waals surface area contributed by atoms with Gasteiger partial charge in [-0.1, -0.05) is 29.8 Å². The average Bonchev–Trinajstić information content (AvgIpc) is 2.29. The van der Waals surface area contributed by atoms with Crippen LogP contribution < -0.4 is 5.32 Å². The van der Waals surface area contributed by atoms with Crippen molar-refractivity contribution < 1.29 is 9.90 Å². The van der Waals surface area contributed by atoms with Crippen molar-refractivity contribution in [2.24, 2.45) is 0 Å². The summed E-state index contributed by atoms with van der Waals surface area (Å²) < 4.78 is 0. The standard InChI is InChI=1S/C13H16ClNO2/c1-10(17)15-7-3-2-4-11-5-6-13(14)8-12(11)9-16/h2,4-6,8,16H,3,7,9H2,1H3,(H,15,17). The quantitative estimate of drug-likeness (QED) is 0.792. The number of hydrogen-bond donors (Lipinski definition) is 2. The van der Waals surface area contributed by atoms with Gasteiger partial charge in [0, 0.05) is 18.5 Å². The Morgan fingerprint density at radius 3 is 2.94 bits per heavy atom. The Hall–Kier alpha value is -1.32. The molecule has 1 rings (SSSR count). The number of amides is 1. The molecular formula is C13H16ClNO2. The zero-order valence-electron chi connectivity index (χ0n) is 9.74. The first-order valence-electron chi connectivity index (χ1n) is 5.43. The van der Waals surface area contributed by atoms with Gasteiger partial charge in [-0.05, 0) is 29.7 Å². The summed E-state index contributed by atoms with van der Waals surface area (Å²) in [6.07, 6.45) is 4.63. The fourth-order valence-electron chi connectivity index (χ4n) is 1.42. The zero-order chi connectivity index (χ0) is 12.7. The average molecular weight is 254 g/mol. The molecule has 0 aliphatic rings. The Balaban J connectivity index is 2.55. The van der Waals surface area contributed by atoms with Crippen molar-refractivity contribution in [3.05, 3.63) is 40.4 Å². The van der Waals surface area contributed by atoms with E-state index >= 15 is 0 Å². The monoisotopic (exact) mass is 253 g/mol. The molecule has 0 saturated carbocycles. The fraction of sp³-hybridized carbons (Fsp3) is 0.308. The Morgan fingerprint density at radius 1 is 1.53 bits per heavy atom. The lowest BCUT2D eigenvalue weighted by Gasteiger charge is -2.03. The molecular weight excluding hydrogens is 238 g/mol. The van der Waals surface area contributed by atoms with Crippen LogP contribution in [0.4, 0.5) is 0 Å². The second kappa shape index (κ2) is 7.09.